The molecule has 1 aromatic carbocycles. The summed E-state index contributed by atoms with van der Waals surface area (Å²) < 4.78 is 10.7. The van der Waals surface area contributed by atoms with Gasteiger partial charge >= 0.3 is 5.97 Å². The number of methoxy groups -OCH3 is 1. The summed E-state index contributed by atoms with van der Waals surface area (Å²) in [6, 6.07) is 8.18. The molecule has 1 aliphatic carbocycles. The molecule has 2 N–H and O–H groups in total. The molecule has 12 heteroatoms. The Morgan fingerprint density at radius 3 is 2.90 bits per heavy atom. The van der Waals surface area contributed by atoms with E-state index < -0.39 is 11.9 Å². The largest absolute Gasteiger partial charge is 0.481 e. The second-order valence-electron chi connectivity index (χ2n) is 9.43. The lowest BCUT2D eigenvalue weighted by Crippen LogP contribution is -2.44. The van der Waals surface area contributed by atoms with Crippen molar-refractivity contribution in [3.8, 4) is 5.88 Å². The lowest BCUT2D eigenvalue weighted by atomic mass is 9.91. The van der Waals surface area contributed by atoms with Crippen LogP contribution in [0, 0.1) is 0 Å². The van der Waals surface area contributed by atoms with Gasteiger partial charge in [-0.1, -0.05) is 0 Å². The summed E-state index contributed by atoms with van der Waals surface area (Å²) in [5.41, 5.74) is 4.38. The number of carbonyl (C=O) groups is 3. The van der Waals surface area contributed by atoms with Gasteiger partial charge in [-0.15, -0.1) is 11.8 Å². The van der Waals surface area contributed by atoms with Crippen molar-refractivity contribution in [2.45, 2.75) is 37.1 Å². The third kappa shape index (κ3) is 4.64. The van der Waals surface area contributed by atoms with Crippen molar-refractivity contribution >= 4 is 52.0 Å². The molecule has 11 nitrogen and oxygen atoms in total. The molecule has 4 heterocycles. The number of hydrogen-bond donors (Lipinski definition) is 2. The van der Waals surface area contributed by atoms with Crippen LogP contribution in [0.3, 0.4) is 0 Å². The van der Waals surface area contributed by atoms with Gasteiger partial charge in [-0.25, -0.2) is 9.78 Å². The van der Waals surface area contributed by atoms with E-state index in [1.165, 1.54) is 18.9 Å². The van der Waals surface area contributed by atoms with Crippen LogP contribution in [0.15, 0.2) is 47.6 Å². The molecular weight excluding hydrogens is 532 g/mol. The van der Waals surface area contributed by atoms with E-state index in [0.29, 0.717) is 52.4 Å². The minimum absolute atomic E-state index is 0.130. The van der Waals surface area contributed by atoms with Gasteiger partial charge in [-0.2, -0.15) is 5.10 Å². The first kappa shape index (κ1) is 25.8. The lowest BCUT2D eigenvalue weighted by molar-refractivity contribution is -0.113. The first-order chi connectivity index (χ1) is 19.5. The van der Waals surface area contributed by atoms with E-state index in [0.717, 1.165) is 11.3 Å². The molecule has 1 aliphatic heterocycles. The molecule has 204 valence electrons. The highest BCUT2D eigenvalue weighted by atomic mass is 32.2. The van der Waals surface area contributed by atoms with Gasteiger partial charge in [0.1, 0.15) is 5.52 Å². The number of amides is 2. The van der Waals surface area contributed by atoms with Crippen molar-refractivity contribution in [3.63, 3.8) is 0 Å². The highest BCUT2D eigenvalue weighted by Gasteiger charge is 2.35. The number of aryl methyl sites for hydroxylation is 1. The topological polar surface area (TPSA) is 139 Å². The van der Waals surface area contributed by atoms with Crippen LogP contribution in [0.2, 0.25) is 0 Å². The van der Waals surface area contributed by atoms with E-state index in [1.807, 2.05) is 6.20 Å². The maximum atomic E-state index is 14.7. The highest BCUT2D eigenvalue weighted by molar-refractivity contribution is 8.00. The zero-order chi connectivity index (χ0) is 27.8. The number of ether oxygens (including phenoxy) is 2. The quantitative estimate of drug-likeness (QED) is 0.338. The molecule has 4 aromatic rings. The van der Waals surface area contributed by atoms with Crippen LogP contribution in [0.4, 0.5) is 11.4 Å². The molecule has 0 saturated heterocycles. The average Bonchev–Trinajstić information content (AvgIpc) is 3.44. The summed E-state index contributed by atoms with van der Waals surface area (Å²) in [6.45, 7) is 1.87. The molecule has 0 fully saturated rings. The Balaban J connectivity index is 1.54. The first-order valence-corrected chi connectivity index (χ1v) is 13.9. The maximum Gasteiger partial charge on any atom is 0.338 e. The molecular formula is C28H26N6O5S. The minimum Gasteiger partial charge on any atom is -0.481 e. The van der Waals surface area contributed by atoms with Crippen molar-refractivity contribution in [2.24, 2.45) is 0 Å². The molecule has 0 bridgehead atoms. The standard InChI is InChI=1S/C28H26N6O5S/c1-3-39-28(37)18-12-23-21(31-24(35)14-40-23)11-17(18)27(36)34(16-4-5-19-15(10-16)13-30-33-19)22-8-9-29-20-6-7-25(38-2)32-26(20)22/h6-9,11-13,16H,3-5,10,14H2,1-2H3,(H,30,33)(H,31,35). The zero-order valence-electron chi connectivity index (χ0n) is 21.9. The molecule has 3 aromatic heterocycles. The summed E-state index contributed by atoms with van der Waals surface area (Å²) >= 11 is 1.31. The molecule has 1 unspecified atom stereocenters. The van der Waals surface area contributed by atoms with E-state index in [9.17, 15) is 14.4 Å². The van der Waals surface area contributed by atoms with Gasteiger partial charge in [-0.05, 0) is 56.0 Å². The van der Waals surface area contributed by atoms with Gasteiger partial charge in [-0.3, -0.25) is 19.7 Å². The fourth-order valence-electron chi connectivity index (χ4n) is 5.20. The normalized spacial score (nSPS) is 16.1. The number of fused-ring (bicyclic) bond motifs is 3. The number of carbonyl (C=O) groups excluding carboxylic acids is 3. The number of H-pyrrole nitrogens is 1. The predicted octanol–water partition coefficient (Wildman–Crippen LogP) is 3.79. The van der Waals surface area contributed by atoms with Gasteiger partial charge < -0.3 is 19.7 Å². The number of anilines is 2. The Labute approximate surface area is 233 Å². The fraction of sp³-hybridized carbons (Fsp3) is 0.286. The van der Waals surface area contributed by atoms with Crippen molar-refractivity contribution in [1.29, 1.82) is 0 Å². The summed E-state index contributed by atoms with van der Waals surface area (Å²) in [5, 5.41) is 10.1. The fourth-order valence-corrected chi connectivity index (χ4v) is 6.03. The minimum atomic E-state index is -0.605. The maximum absolute atomic E-state index is 14.7. The van der Waals surface area contributed by atoms with Crippen molar-refractivity contribution < 1.29 is 23.9 Å². The monoisotopic (exact) mass is 558 g/mol. The number of pyridine rings is 2. The number of esters is 1. The van der Waals surface area contributed by atoms with Crippen LogP contribution in [-0.2, 0) is 22.4 Å². The Kier molecular flexibility index (Phi) is 6.84. The SMILES string of the molecule is CCOC(=O)c1cc2c(cc1C(=O)N(c1ccnc3ccc(OC)nc13)C1CCc3n[nH]cc3C1)NC(=O)CS2. The van der Waals surface area contributed by atoms with Gasteiger partial charge in [0.25, 0.3) is 5.91 Å². The van der Waals surface area contributed by atoms with Crippen molar-refractivity contribution in [1.82, 2.24) is 20.2 Å². The lowest BCUT2D eigenvalue weighted by Gasteiger charge is -2.35. The van der Waals surface area contributed by atoms with Crippen LogP contribution in [0.1, 0.15) is 45.3 Å². The van der Waals surface area contributed by atoms with E-state index in [4.69, 9.17) is 9.47 Å². The van der Waals surface area contributed by atoms with Gasteiger partial charge in [0.05, 0.1) is 53.2 Å². The third-order valence-electron chi connectivity index (χ3n) is 7.05. The number of nitrogens with zero attached hydrogens (tertiary/aromatic N) is 4. The Morgan fingerprint density at radius 1 is 1.20 bits per heavy atom. The van der Waals surface area contributed by atoms with Gasteiger partial charge in [0.15, 0.2) is 0 Å². The van der Waals surface area contributed by atoms with Gasteiger partial charge in [0.2, 0.25) is 11.8 Å². The summed E-state index contributed by atoms with van der Waals surface area (Å²) in [4.78, 5) is 51.5. The Bertz CT molecular complexity index is 1650. The van der Waals surface area contributed by atoms with Crippen LogP contribution in [-0.4, -0.2) is 63.5 Å². The van der Waals surface area contributed by atoms with Gasteiger partial charge in [0, 0.05) is 29.4 Å². The number of hydrogen-bond acceptors (Lipinski definition) is 9. The number of aromatic nitrogens is 4. The zero-order valence-corrected chi connectivity index (χ0v) is 22.7. The molecule has 0 radical (unpaired) electrons. The van der Waals surface area contributed by atoms with E-state index in [2.05, 4.69) is 25.5 Å². The van der Waals surface area contributed by atoms with E-state index in [-0.39, 0.29) is 35.4 Å². The number of benzene rings is 1. The molecule has 40 heavy (non-hydrogen) atoms. The second-order valence-corrected chi connectivity index (χ2v) is 10.4. The molecule has 1 atom stereocenters. The van der Waals surface area contributed by atoms with Crippen molar-refractivity contribution in [3.05, 3.63) is 65.1 Å². The first-order valence-electron chi connectivity index (χ1n) is 12.9. The van der Waals surface area contributed by atoms with Crippen LogP contribution < -0.4 is 15.0 Å². The number of thioether (sulfide) groups is 1. The molecule has 2 aliphatic rings. The smallest absolute Gasteiger partial charge is 0.338 e. The summed E-state index contributed by atoms with van der Waals surface area (Å²) in [7, 11) is 1.53. The Morgan fingerprint density at radius 2 is 2.08 bits per heavy atom. The van der Waals surface area contributed by atoms with Crippen LogP contribution in [0.25, 0.3) is 11.0 Å². The number of rotatable bonds is 6. The van der Waals surface area contributed by atoms with Crippen molar-refractivity contribution in [2.75, 3.05) is 29.7 Å². The highest BCUT2D eigenvalue weighted by Crippen LogP contribution is 2.37. The predicted molar refractivity (Wildman–Crippen MR) is 149 cm³/mol. The molecule has 2 amide bonds. The molecule has 0 saturated carbocycles. The van der Waals surface area contributed by atoms with E-state index in [1.54, 1.807) is 48.4 Å². The second kappa shape index (κ2) is 10.6. The molecule has 6 rings (SSSR count). The number of aromatic amines is 1. The Hall–Kier alpha value is -4.45. The van der Waals surface area contributed by atoms with E-state index >= 15 is 0 Å². The molecule has 0 spiro atoms. The van der Waals surface area contributed by atoms with Crippen LogP contribution in [0.5, 0.6) is 5.88 Å². The summed E-state index contributed by atoms with van der Waals surface area (Å²) in [5.74, 6) is -0.584. The summed E-state index contributed by atoms with van der Waals surface area (Å²) in [6.07, 6.45) is 5.36. The van der Waals surface area contributed by atoms with Crippen LogP contribution >= 0.6 is 11.8 Å². The number of nitrogens with one attached hydrogen (secondary N) is 2. The average molecular weight is 559 g/mol. The third-order valence-corrected chi connectivity index (χ3v) is 8.10.